The number of anilines is 3. The minimum absolute atomic E-state index is 0.134. The summed E-state index contributed by atoms with van der Waals surface area (Å²) >= 11 is 1.85. The van der Waals surface area contributed by atoms with Gasteiger partial charge in [0, 0.05) is 59.4 Å². The van der Waals surface area contributed by atoms with Crippen LogP contribution in [0.3, 0.4) is 0 Å². The predicted molar refractivity (Wildman–Crippen MR) is 224 cm³/mol. The van der Waals surface area contributed by atoms with Crippen LogP contribution in [0.1, 0.15) is 0 Å². The zero-order chi connectivity index (χ0) is 34.4. The van der Waals surface area contributed by atoms with Crippen LogP contribution in [0.25, 0.3) is 66.1 Å². The lowest BCUT2D eigenvalue weighted by atomic mass is 9.34. The van der Waals surface area contributed by atoms with Gasteiger partial charge in [0.05, 0.1) is 22.4 Å². The topological polar surface area (TPSA) is 13.1 Å². The molecule has 0 amide bonds. The summed E-state index contributed by atoms with van der Waals surface area (Å²) in [7, 11) is 0. The highest BCUT2D eigenvalue weighted by atomic mass is 32.2. The highest BCUT2D eigenvalue weighted by Crippen LogP contribution is 2.51. The first-order chi connectivity index (χ1) is 26.3. The minimum Gasteiger partial charge on any atom is -0.310 e. The number of aromatic nitrogens is 2. The Morgan fingerprint density at radius 1 is 0.396 bits per heavy atom. The summed E-state index contributed by atoms with van der Waals surface area (Å²) in [5.74, 6) is 0. The Bertz CT molecular complexity index is 3040. The third-order valence-electron chi connectivity index (χ3n) is 11.9. The summed E-state index contributed by atoms with van der Waals surface area (Å²) in [5, 5.41) is 5.24. The molecule has 0 bridgehead atoms. The van der Waals surface area contributed by atoms with Gasteiger partial charge < -0.3 is 14.0 Å². The Kier molecular flexibility index (Phi) is 5.39. The van der Waals surface area contributed by atoms with Gasteiger partial charge in [-0.3, -0.25) is 0 Å². The highest BCUT2D eigenvalue weighted by Gasteiger charge is 2.41. The number of hydrogen-bond acceptors (Lipinski definition) is 2. The van der Waals surface area contributed by atoms with Gasteiger partial charge in [-0.1, -0.05) is 121 Å². The second-order valence-electron chi connectivity index (χ2n) is 14.5. The Labute approximate surface area is 310 Å². The SMILES string of the molecule is c1ccc2c(c1)Sc1ccccc1N2c1ccc(-c2cc3c4c(c2)-n2c5ccccc5c5cccc(c52)B4c2cccc4c5ccccc5n-3c24)cc1. The van der Waals surface area contributed by atoms with Crippen LogP contribution >= 0.6 is 11.8 Å². The van der Waals surface area contributed by atoms with Crippen molar-refractivity contribution in [2.75, 3.05) is 4.90 Å². The zero-order valence-electron chi connectivity index (χ0n) is 28.5. The Hall–Kier alpha value is -6.43. The summed E-state index contributed by atoms with van der Waals surface area (Å²) < 4.78 is 5.12. The molecule has 0 saturated carbocycles. The maximum Gasteiger partial charge on any atom is 0.252 e. The molecule has 244 valence electrons. The fourth-order valence-electron chi connectivity index (χ4n) is 9.78. The number of para-hydroxylation sites is 6. The van der Waals surface area contributed by atoms with Crippen LogP contribution in [0.5, 0.6) is 0 Å². The van der Waals surface area contributed by atoms with Crippen LogP contribution in [-0.2, 0) is 0 Å². The van der Waals surface area contributed by atoms with Gasteiger partial charge in [0.25, 0.3) is 6.71 Å². The maximum absolute atomic E-state index is 2.56. The molecule has 0 atom stereocenters. The molecular weight excluding hydrogens is 661 g/mol. The fraction of sp³-hybridized carbons (Fsp3) is 0. The summed E-state index contributed by atoms with van der Waals surface area (Å²) in [6.07, 6.45) is 0. The van der Waals surface area contributed by atoms with Crippen molar-refractivity contribution in [2.45, 2.75) is 9.79 Å². The van der Waals surface area contributed by atoms with Gasteiger partial charge in [0.2, 0.25) is 0 Å². The van der Waals surface area contributed by atoms with Crippen molar-refractivity contribution >= 4 is 95.5 Å². The number of fused-ring (bicyclic) bond motifs is 12. The monoisotopic (exact) mass is 689 g/mol. The lowest BCUT2D eigenvalue weighted by Crippen LogP contribution is -2.59. The lowest BCUT2D eigenvalue weighted by molar-refractivity contribution is 1.14. The van der Waals surface area contributed by atoms with E-state index < -0.39 is 0 Å². The molecule has 0 saturated heterocycles. The summed E-state index contributed by atoms with van der Waals surface area (Å²) in [4.78, 5) is 4.95. The van der Waals surface area contributed by atoms with Crippen molar-refractivity contribution in [3.63, 3.8) is 0 Å². The van der Waals surface area contributed by atoms with Gasteiger partial charge in [-0.05, 0) is 88.2 Å². The van der Waals surface area contributed by atoms with Crippen LogP contribution in [0.4, 0.5) is 17.1 Å². The third-order valence-corrected chi connectivity index (χ3v) is 13.0. The van der Waals surface area contributed by atoms with Gasteiger partial charge in [-0.2, -0.15) is 0 Å². The van der Waals surface area contributed by atoms with Gasteiger partial charge in [0.1, 0.15) is 0 Å². The molecule has 3 aliphatic rings. The largest absolute Gasteiger partial charge is 0.310 e. The van der Waals surface area contributed by atoms with E-state index in [0.717, 1.165) is 5.69 Å². The average molecular weight is 690 g/mol. The Morgan fingerprint density at radius 3 is 1.45 bits per heavy atom. The molecule has 5 heteroatoms. The van der Waals surface area contributed by atoms with Crippen molar-refractivity contribution in [2.24, 2.45) is 0 Å². The van der Waals surface area contributed by atoms with E-state index in [2.05, 4.69) is 184 Å². The maximum atomic E-state index is 2.56. The van der Waals surface area contributed by atoms with Crippen LogP contribution in [0, 0.1) is 0 Å². The van der Waals surface area contributed by atoms with E-state index in [1.165, 1.54) is 104 Å². The number of rotatable bonds is 2. The minimum atomic E-state index is 0.134. The summed E-state index contributed by atoms with van der Waals surface area (Å²) in [6.45, 7) is 0.134. The normalized spacial score (nSPS) is 13.5. The van der Waals surface area contributed by atoms with Gasteiger partial charge >= 0.3 is 0 Å². The van der Waals surface area contributed by atoms with Gasteiger partial charge in [0.15, 0.2) is 0 Å². The van der Waals surface area contributed by atoms with Crippen LogP contribution in [0.2, 0.25) is 0 Å². The number of hydrogen-bond donors (Lipinski definition) is 0. The van der Waals surface area contributed by atoms with Crippen molar-refractivity contribution in [1.29, 1.82) is 0 Å². The molecule has 0 aliphatic carbocycles. The number of nitrogens with zero attached hydrogens (tertiary/aromatic N) is 3. The Morgan fingerprint density at radius 2 is 0.887 bits per heavy atom. The first-order valence-electron chi connectivity index (χ1n) is 18.3. The molecule has 53 heavy (non-hydrogen) atoms. The van der Waals surface area contributed by atoms with E-state index >= 15 is 0 Å². The summed E-state index contributed by atoms with van der Waals surface area (Å²) in [5.41, 5.74) is 17.9. The van der Waals surface area contributed by atoms with Crippen LogP contribution in [0.15, 0.2) is 180 Å². The molecule has 3 nitrogen and oxygen atoms in total. The second kappa shape index (κ2) is 10.1. The second-order valence-corrected chi connectivity index (χ2v) is 15.6. The molecule has 3 aliphatic heterocycles. The molecule has 8 aromatic carbocycles. The Balaban J connectivity index is 1.09. The molecule has 13 rings (SSSR count). The average Bonchev–Trinajstić information content (AvgIpc) is 3.74. The lowest BCUT2D eigenvalue weighted by Gasteiger charge is -2.34. The molecule has 5 heterocycles. The van der Waals surface area contributed by atoms with Crippen molar-refractivity contribution in [3.05, 3.63) is 170 Å². The van der Waals surface area contributed by atoms with E-state index in [0.29, 0.717) is 0 Å². The first-order valence-corrected chi connectivity index (χ1v) is 19.1. The number of benzene rings is 8. The van der Waals surface area contributed by atoms with E-state index in [1.807, 2.05) is 11.8 Å². The quantitative estimate of drug-likeness (QED) is 0.168. The zero-order valence-corrected chi connectivity index (χ0v) is 29.3. The van der Waals surface area contributed by atoms with Crippen molar-refractivity contribution in [3.8, 4) is 22.5 Å². The van der Waals surface area contributed by atoms with Crippen LogP contribution in [-0.4, -0.2) is 15.8 Å². The molecule has 0 radical (unpaired) electrons. The van der Waals surface area contributed by atoms with E-state index in [9.17, 15) is 0 Å². The molecule has 0 spiro atoms. The van der Waals surface area contributed by atoms with Gasteiger partial charge in [-0.15, -0.1) is 0 Å². The molecule has 0 N–H and O–H groups in total. The standard InChI is InChI=1S/C48H28BN3S/c1-3-17-38-32(11-1)34-13-9-15-36-47(34)51(38)42-27-30(28-43-46(42)49(36)37-16-10-14-35-33-12-2-4-18-39(33)52(43)48(35)37)29-23-25-31(26-24-29)50-40-19-5-7-21-44(40)53-45-22-8-6-20-41(45)50/h1-28H. The smallest absolute Gasteiger partial charge is 0.252 e. The fourth-order valence-corrected chi connectivity index (χ4v) is 10.8. The van der Waals surface area contributed by atoms with E-state index in [4.69, 9.17) is 0 Å². The first kappa shape index (κ1) is 28.2. The van der Waals surface area contributed by atoms with E-state index in [1.54, 1.807) is 0 Å². The highest BCUT2D eigenvalue weighted by molar-refractivity contribution is 7.99. The third kappa shape index (κ3) is 3.58. The molecule has 0 fully saturated rings. The molecule has 2 aromatic heterocycles. The van der Waals surface area contributed by atoms with Gasteiger partial charge in [-0.25, -0.2) is 0 Å². The predicted octanol–water partition coefficient (Wildman–Crippen LogP) is 10.6. The molecule has 0 unspecified atom stereocenters. The van der Waals surface area contributed by atoms with Crippen molar-refractivity contribution < 1.29 is 0 Å². The summed E-state index contributed by atoms with van der Waals surface area (Å²) in [6, 6.07) is 63.3. The van der Waals surface area contributed by atoms with Crippen LogP contribution < -0.4 is 21.3 Å². The van der Waals surface area contributed by atoms with Crippen molar-refractivity contribution in [1.82, 2.24) is 9.13 Å². The molecule has 10 aromatic rings. The van der Waals surface area contributed by atoms with E-state index in [-0.39, 0.29) is 6.71 Å². The molecular formula is C48H28BN3S.